The lowest BCUT2D eigenvalue weighted by Gasteiger charge is -2.27. The zero-order valence-electron chi connectivity index (χ0n) is 16.5. The molecule has 6 heteroatoms. The van der Waals surface area contributed by atoms with Crippen LogP contribution in [0.25, 0.3) is 0 Å². The van der Waals surface area contributed by atoms with E-state index in [2.05, 4.69) is 46.4 Å². The van der Waals surface area contributed by atoms with E-state index >= 15 is 0 Å². The third-order valence-corrected chi connectivity index (χ3v) is 4.53. The average molecular weight is 361 g/mol. The van der Waals surface area contributed by atoms with E-state index in [0.29, 0.717) is 6.54 Å². The summed E-state index contributed by atoms with van der Waals surface area (Å²) in [5.41, 5.74) is 2.45. The van der Waals surface area contributed by atoms with Crippen LogP contribution in [0.4, 0.5) is 0 Å². The Balaban J connectivity index is 2.00. The molecule has 26 heavy (non-hydrogen) atoms. The number of nitrogens with one attached hydrogen (secondary N) is 1. The van der Waals surface area contributed by atoms with Gasteiger partial charge < -0.3 is 19.9 Å². The molecule has 0 aromatic heterocycles. The van der Waals surface area contributed by atoms with Crippen molar-refractivity contribution in [2.24, 2.45) is 4.99 Å². The molecule has 2 rings (SSSR count). The second-order valence-electron chi connectivity index (χ2n) is 7.14. The van der Waals surface area contributed by atoms with Crippen LogP contribution in [0.3, 0.4) is 0 Å². The van der Waals surface area contributed by atoms with Crippen molar-refractivity contribution in [1.82, 2.24) is 15.1 Å². The number of benzene rings is 1. The van der Waals surface area contributed by atoms with Gasteiger partial charge in [-0.2, -0.15) is 0 Å². The van der Waals surface area contributed by atoms with Gasteiger partial charge in [-0.25, -0.2) is 4.99 Å². The van der Waals surface area contributed by atoms with E-state index in [1.54, 1.807) is 19.0 Å². The highest BCUT2D eigenvalue weighted by molar-refractivity contribution is 5.84. The van der Waals surface area contributed by atoms with Crippen molar-refractivity contribution < 1.29 is 9.53 Å². The molecule has 1 N–H and O–H groups in total. The largest absolute Gasteiger partial charge is 0.376 e. The van der Waals surface area contributed by atoms with Gasteiger partial charge in [0.25, 0.3) is 0 Å². The summed E-state index contributed by atoms with van der Waals surface area (Å²) < 4.78 is 5.79. The lowest BCUT2D eigenvalue weighted by atomic mass is 10.1. The summed E-state index contributed by atoms with van der Waals surface area (Å²) in [6.45, 7) is 4.50. The monoisotopic (exact) mass is 360 g/mol. The summed E-state index contributed by atoms with van der Waals surface area (Å²) in [5, 5.41) is 3.40. The highest BCUT2D eigenvalue weighted by Crippen LogP contribution is 2.12. The number of carbonyl (C=O) groups is 1. The molecule has 1 atom stereocenters. The predicted molar refractivity (Wildman–Crippen MR) is 105 cm³/mol. The van der Waals surface area contributed by atoms with Crippen molar-refractivity contribution in [1.29, 1.82) is 0 Å². The highest BCUT2D eigenvalue weighted by Gasteiger charge is 2.16. The van der Waals surface area contributed by atoms with Crippen molar-refractivity contribution >= 4 is 11.9 Å². The minimum Gasteiger partial charge on any atom is -0.376 e. The van der Waals surface area contributed by atoms with Crippen molar-refractivity contribution in [3.8, 4) is 0 Å². The lowest BCUT2D eigenvalue weighted by Crippen LogP contribution is -2.43. The molecule has 1 fully saturated rings. The normalized spacial score (nSPS) is 17.7. The molecule has 0 radical (unpaired) electrons. The van der Waals surface area contributed by atoms with Crippen LogP contribution in [-0.4, -0.2) is 68.6 Å². The van der Waals surface area contributed by atoms with E-state index in [1.807, 2.05) is 7.05 Å². The van der Waals surface area contributed by atoms with Crippen LogP contribution < -0.4 is 5.32 Å². The molecule has 1 aliphatic rings. The fraction of sp³-hybridized carbons (Fsp3) is 0.600. The molecule has 1 aliphatic heterocycles. The zero-order chi connectivity index (χ0) is 18.9. The molecule has 0 spiro atoms. The SMILES string of the molecule is Cc1ccc(CN(C)C(=NCC(=O)N(C)C)NCC2CCCCO2)cc1. The molecule has 1 saturated heterocycles. The summed E-state index contributed by atoms with van der Waals surface area (Å²) in [7, 11) is 5.49. The Kier molecular flexibility index (Phi) is 7.91. The molecule has 1 heterocycles. The van der Waals surface area contributed by atoms with Gasteiger partial charge >= 0.3 is 0 Å². The molecule has 144 valence electrons. The van der Waals surface area contributed by atoms with Crippen LogP contribution >= 0.6 is 0 Å². The van der Waals surface area contributed by atoms with Gasteiger partial charge in [-0.1, -0.05) is 29.8 Å². The maximum atomic E-state index is 11.9. The highest BCUT2D eigenvalue weighted by atomic mass is 16.5. The van der Waals surface area contributed by atoms with Gasteiger partial charge in [0.15, 0.2) is 5.96 Å². The molecule has 6 nitrogen and oxygen atoms in total. The topological polar surface area (TPSA) is 57.2 Å². The summed E-state index contributed by atoms with van der Waals surface area (Å²) in [6, 6.07) is 8.47. The van der Waals surface area contributed by atoms with Crippen LogP contribution in [0.5, 0.6) is 0 Å². The van der Waals surface area contributed by atoms with Crippen molar-refractivity contribution in [3.63, 3.8) is 0 Å². The number of likely N-dealkylation sites (N-methyl/N-ethyl adjacent to an activating group) is 1. The van der Waals surface area contributed by atoms with Crippen LogP contribution in [0.1, 0.15) is 30.4 Å². The Morgan fingerprint density at radius 2 is 1.96 bits per heavy atom. The molecule has 1 amide bonds. The Morgan fingerprint density at radius 3 is 2.58 bits per heavy atom. The van der Waals surface area contributed by atoms with Crippen molar-refractivity contribution in [2.75, 3.05) is 40.8 Å². The Bertz CT molecular complexity index is 592. The number of rotatable bonds is 6. The first-order valence-corrected chi connectivity index (χ1v) is 9.32. The van der Waals surface area contributed by atoms with Gasteiger partial charge in [0.1, 0.15) is 6.54 Å². The molecule has 0 bridgehead atoms. The molecule has 1 aromatic carbocycles. The predicted octanol–water partition coefficient (Wildman–Crippen LogP) is 2.03. The fourth-order valence-electron chi connectivity index (χ4n) is 2.81. The lowest BCUT2D eigenvalue weighted by molar-refractivity contribution is -0.127. The van der Waals surface area contributed by atoms with Gasteiger partial charge in [-0.3, -0.25) is 4.79 Å². The first-order chi connectivity index (χ1) is 12.5. The average Bonchev–Trinajstić information content (AvgIpc) is 2.64. The van der Waals surface area contributed by atoms with E-state index in [0.717, 1.165) is 32.0 Å². The van der Waals surface area contributed by atoms with Crippen molar-refractivity contribution in [2.45, 2.75) is 38.8 Å². The van der Waals surface area contributed by atoms with E-state index in [-0.39, 0.29) is 18.6 Å². The maximum Gasteiger partial charge on any atom is 0.243 e. The number of carbonyl (C=O) groups excluding carboxylic acids is 1. The number of hydrogen-bond donors (Lipinski definition) is 1. The molecular formula is C20H32N4O2. The van der Waals surface area contributed by atoms with Gasteiger partial charge in [0.05, 0.1) is 6.10 Å². The number of aryl methyl sites for hydroxylation is 1. The second kappa shape index (κ2) is 10.2. The number of aliphatic imine (C=N–C) groups is 1. The van der Waals surface area contributed by atoms with E-state index in [4.69, 9.17) is 4.74 Å². The first-order valence-electron chi connectivity index (χ1n) is 9.32. The minimum atomic E-state index is -0.0121. The van der Waals surface area contributed by atoms with Crippen LogP contribution in [-0.2, 0) is 16.1 Å². The number of hydrogen-bond acceptors (Lipinski definition) is 3. The van der Waals surface area contributed by atoms with Crippen LogP contribution in [0, 0.1) is 6.92 Å². The summed E-state index contributed by atoms with van der Waals surface area (Å²) in [6.07, 6.45) is 3.63. The molecular weight excluding hydrogens is 328 g/mol. The van der Waals surface area contributed by atoms with Crippen molar-refractivity contribution in [3.05, 3.63) is 35.4 Å². The Labute approximate surface area is 157 Å². The zero-order valence-corrected chi connectivity index (χ0v) is 16.5. The minimum absolute atomic E-state index is 0.0121. The van der Waals surface area contributed by atoms with Crippen LogP contribution in [0.2, 0.25) is 0 Å². The maximum absolute atomic E-state index is 11.9. The number of guanidine groups is 1. The molecule has 0 aliphatic carbocycles. The number of nitrogens with zero attached hydrogens (tertiary/aromatic N) is 3. The fourth-order valence-corrected chi connectivity index (χ4v) is 2.81. The first kappa shape index (κ1) is 20.2. The number of ether oxygens (including phenoxy) is 1. The van der Waals surface area contributed by atoms with E-state index in [1.165, 1.54) is 17.5 Å². The summed E-state index contributed by atoms with van der Waals surface area (Å²) in [4.78, 5) is 20.1. The third kappa shape index (κ3) is 6.67. The van der Waals surface area contributed by atoms with Gasteiger partial charge in [0, 0.05) is 40.8 Å². The molecule has 1 aromatic rings. The molecule has 0 saturated carbocycles. The van der Waals surface area contributed by atoms with Gasteiger partial charge in [-0.15, -0.1) is 0 Å². The quantitative estimate of drug-likeness (QED) is 0.623. The van der Waals surface area contributed by atoms with Gasteiger partial charge in [0.2, 0.25) is 5.91 Å². The Hall–Kier alpha value is -2.08. The van der Waals surface area contributed by atoms with Crippen LogP contribution in [0.15, 0.2) is 29.3 Å². The smallest absolute Gasteiger partial charge is 0.243 e. The van der Waals surface area contributed by atoms with Gasteiger partial charge in [-0.05, 0) is 31.7 Å². The molecule has 1 unspecified atom stereocenters. The summed E-state index contributed by atoms with van der Waals surface area (Å²) >= 11 is 0. The standard InChI is InChI=1S/C20H32N4O2/c1-16-8-10-17(11-9-16)15-24(4)20(22-14-19(25)23(2)3)21-13-18-7-5-6-12-26-18/h8-11,18H,5-7,12-15H2,1-4H3,(H,21,22). The van der Waals surface area contributed by atoms with E-state index in [9.17, 15) is 4.79 Å². The number of amides is 1. The van der Waals surface area contributed by atoms with E-state index < -0.39 is 0 Å². The Morgan fingerprint density at radius 1 is 1.23 bits per heavy atom. The summed E-state index contributed by atoms with van der Waals surface area (Å²) in [5.74, 6) is 0.719. The third-order valence-electron chi connectivity index (χ3n) is 4.53. The second-order valence-corrected chi connectivity index (χ2v) is 7.14.